The molecule has 0 aliphatic rings. The predicted molar refractivity (Wildman–Crippen MR) is 81.0 cm³/mol. The van der Waals surface area contributed by atoms with Crippen LogP contribution in [-0.2, 0) is 0 Å². The van der Waals surface area contributed by atoms with E-state index in [4.69, 9.17) is 4.74 Å². The molecule has 0 aliphatic heterocycles. The van der Waals surface area contributed by atoms with Crippen LogP contribution in [0.4, 0.5) is 5.69 Å². The molecule has 0 radical (unpaired) electrons. The summed E-state index contributed by atoms with van der Waals surface area (Å²) in [6.45, 7) is 3.80. The average Bonchev–Trinajstić information content (AvgIpc) is 2.47. The third kappa shape index (κ3) is 3.51. The van der Waals surface area contributed by atoms with Gasteiger partial charge in [-0.2, -0.15) is 0 Å². The SMILES string of the molecule is COc1ccc(C(C)Nc2cc(C)ncc2C(=O)O)cc1. The zero-order chi connectivity index (χ0) is 15.4. The Balaban J connectivity index is 2.24. The van der Waals surface area contributed by atoms with Crippen LogP contribution in [-0.4, -0.2) is 23.2 Å². The Hall–Kier alpha value is -2.56. The van der Waals surface area contributed by atoms with Gasteiger partial charge in [0, 0.05) is 17.9 Å². The lowest BCUT2D eigenvalue weighted by Crippen LogP contribution is -2.11. The van der Waals surface area contributed by atoms with Crippen molar-refractivity contribution in [2.75, 3.05) is 12.4 Å². The lowest BCUT2D eigenvalue weighted by Gasteiger charge is -2.18. The third-order valence-corrected chi connectivity index (χ3v) is 3.26. The summed E-state index contributed by atoms with van der Waals surface area (Å²) in [5.74, 6) is -0.205. The monoisotopic (exact) mass is 286 g/mol. The van der Waals surface area contributed by atoms with Crippen molar-refractivity contribution >= 4 is 11.7 Å². The smallest absolute Gasteiger partial charge is 0.339 e. The highest BCUT2D eigenvalue weighted by Gasteiger charge is 2.14. The predicted octanol–water partition coefficient (Wildman–Crippen LogP) is 3.27. The van der Waals surface area contributed by atoms with Crippen LogP contribution in [0.15, 0.2) is 36.5 Å². The number of nitrogens with one attached hydrogen (secondary N) is 1. The Bertz CT molecular complexity index is 638. The molecule has 110 valence electrons. The standard InChI is InChI=1S/C16H18N2O3/c1-10-8-15(14(9-17-10)16(19)20)18-11(2)12-4-6-13(21-3)7-5-12/h4-9,11H,1-3H3,(H,17,18)(H,19,20). The second kappa shape index (κ2) is 6.26. The Labute approximate surface area is 123 Å². The zero-order valence-corrected chi connectivity index (χ0v) is 12.3. The first-order chi connectivity index (χ1) is 10.0. The number of carboxylic acid groups (broad SMARTS) is 1. The van der Waals surface area contributed by atoms with E-state index in [1.165, 1.54) is 6.20 Å². The topological polar surface area (TPSA) is 71.5 Å². The van der Waals surface area contributed by atoms with E-state index >= 15 is 0 Å². The number of hydrogen-bond donors (Lipinski definition) is 2. The Morgan fingerprint density at radius 3 is 2.57 bits per heavy atom. The molecule has 2 rings (SSSR count). The molecular formula is C16H18N2O3. The second-order valence-electron chi connectivity index (χ2n) is 4.82. The minimum Gasteiger partial charge on any atom is -0.497 e. The van der Waals surface area contributed by atoms with Gasteiger partial charge in [-0.25, -0.2) is 4.79 Å². The van der Waals surface area contributed by atoms with E-state index in [0.717, 1.165) is 17.0 Å². The maximum Gasteiger partial charge on any atom is 0.339 e. The molecule has 21 heavy (non-hydrogen) atoms. The van der Waals surface area contributed by atoms with Gasteiger partial charge in [0.25, 0.3) is 0 Å². The highest BCUT2D eigenvalue weighted by molar-refractivity contribution is 5.93. The molecule has 5 heteroatoms. The molecule has 0 saturated carbocycles. The van der Waals surface area contributed by atoms with Gasteiger partial charge in [0.05, 0.1) is 12.8 Å². The minimum atomic E-state index is -0.994. The first-order valence-electron chi connectivity index (χ1n) is 6.61. The van der Waals surface area contributed by atoms with Crippen molar-refractivity contribution in [1.29, 1.82) is 0 Å². The molecule has 0 bridgehead atoms. The van der Waals surface area contributed by atoms with Gasteiger partial charge in [0.2, 0.25) is 0 Å². The molecule has 5 nitrogen and oxygen atoms in total. The highest BCUT2D eigenvalue weighted by atomic mass is 16.5. The second-order valence-corrected chi connectivity index (χ2v) is 4.82. The summed E-state index contributed by atoms with van der Waals surface area (Å²) in [6, 6.07) is 9.36. The van der Waals surface area contributed by atoms with E-state index in [-0.39, 0.29) is 11.6 Å². The first kappa shape index (κ1) is 14.8. The number of anilines is 1. The zero-order valence-electron chi connectivity index (χ0n) is 12.3. The Morgan fingerprint density at radius 1 is 1.33 bits per heavy atom. The van der Waals surface area contributed by atoms with Crippen LogP contribution in [0.3, 0.4) is 0 Å². The van der Waals surface area contributed by atoms with Crippen molar-refractivity contribution in [3.8, 4) is 5.75 Å². The number of pyridine rings is 1. The van der Waals surface area contributed by atoms with Crippen LogP contribution in [0.2, 0.25) is 0 Å². The van der Waals surface area contributed by atoms with Crippen molar-refractivity contribution in [3.63, 3.8) is 0 Å². The van der Waals surface area contributed by atoms with E-state index in [9.17, 15) is 9.90 Å². The number of benzene rings is 1. The number of methoxy groups -OCH3 is 1. The van der Waals surface area contributed by atoms with Gasteiger partial charge in [0.1, 0.15) is 11.3 Å². The van der Waals surface area contributed by atoms with Crippen molar-refractivity contribution in [1.82, 2.24) is 4.98 Å². The Morgan fingerprint density at radius 2 is 2.00 bits per heavy atom. The van der Waals surface area contributed by atoms with Crippen LogP contribution in [0.25, 0.3) is 0 Å². The van der Waals surface area contributed by atoms with Gasteiger partial charge in [-0.15, -0.1) is 0 Å². The van der Waals surface area contributed by atoms with Gasteiger partial charge in [-0.1, -0.05) is 12.1 Å². The number of ether oxygens (including phenoxy) is 1. The number of hydrogen-bond acceptors (Lipinski definition) is 4. The van der Waals surface area contributed by atoms with E-state index < -0.39 is 5.97 Å². The van der Waals surface area contributed by atoms with Crippen LogP contribution in [0, 0.1) is 6.92 Å². The third-order valence-electron chi connectivity index (χ3n) is 3.26. The maximum absolute atomic E-state index is 11.2. The van der Waals surface area contributed by atoms with E-state index in [1.54, 1.807) is 13.2 Å². The normalized spacial score (nSPS) is 11.8. The van der Waals surface area contributed by atoms with Crippen LogP contribution in [0.5, 0.6) is 5.75 Å². The van der Waals surface area contributed by atoms with E-state index in [1.807, 2.05) is 38.1 Å². The number of aromatic carboxylic acids is 1. The van der Waals surface area contributed by atoms with E-state index in [2.05, 4.69) is 10.3 Å². The number of carboxylic acids is 1. The quantitative estimate of drug-likeness (QED) is 0.882. The minimum absolute atomic E-state index is 0.0317. The molecule has 2 N–H and O–H groups in total. The lowest BCUT2D eigenvalue weighted by atomic mass is 10.1. The van der Waals surface area contributed by atoms with Gasteiger partial charge in [0.15, 0.2) is 0 Å². The number of aryl methyl sites for hydroxylation is 1. The fourth-order valence-electron chi connectivity index (χ4n) is 2.06. The van der Waals surface area contributed by atoms with E-state index in [0.29, 0.717) is 5.69 Å². The fraction of sp³-hybridized carbons (Fsp3) is 0.250. The number of nitrogens with zero attached hydrogens (tertiary/aromatic N) is 1. The molecule has 0 amide bonds. The largest absolute Gasteiger partial charge is 0.497 e. The van der Waals surface area contributed by atoms with Crippen LogP contribution >= 0.6 is 0 Å². The van der Waals surface area contributed by atoms with Crippen LogP contribution in [0.1, 0.15) is 34.6 Å². The average molecular weight is 286 g/mol. The lowest BCUT2D eigenvalue weighted by molar-refractivity contribution is 0.0697. The number of aromatic nitrogens is 1. The van der Waals surface area contributed by atoms with Crippen molar-refractivity contribution in [2.24, 2.45) is 0 Å². The molecule has 1 aromatic heterocycles. The summed E-state index contributed by atoms with van der Waals surface area (Å²) < 4.78 is 5.13. The van der Waals surface area contributed by atoms with Crippen LogP contribution < -0.4 is 10.1 Å². The van der Waals surface area contributed by atoms with Gasteiger partial charge >= 0.3 is 5.97 Å². The first-order valence-corrected chi connectivity index (χ1v) is 6.61. The summed E-state index contributed by atoms with van der Waals surface area (Å²) in [4.78, 5) is 15.3. The molecule has 1 atom stereocenters. The van der Waals surface area contributed by atoms with Gasteiger partial charge in [-0.3, -0.25) is 4.98 Å². The molecule has 1 unspecified atom stereocenters. The summed E-state index contributed by atoms with van der Waals surface area (Å²) in [5, 5.41) is 12.4. The molecule has 0 fully saturated rings. The molecule has 1 aromatic carbocycles. The molecule has 0 aliphatic carbocycles. The number of carbonyl (C=O) groups is 1. The summed E-state index contributed by atoms with van der Waals surface area (Å²) in [7, 11) is 1.62. The molecule has 1 heterocycles. The van der Waals surface area contributed by atoms with Crippen molar-refractivity contribution in [2.45, 2.75) is 19.9 Å². The Kier molecular flexibility index (Phi) is 4.42. The van der Waals surface area contributed by atoms with Crippen molar-refractivity contribution < 1.29 is 14.6 Å². The molecular weight excluding hydrogens is 268 g/mol. The van der Waals surface area contributed by atoms with Gasteiger partial charge in [-0.05, 0) is 37.6 Å². The van der Waals surface area contributed by atoms with Crippen molar-refractivity contribution in [3.05, 3.63) is 53.3 Å². The maximum atomic E-state index is 11.2. The summed E-state index contributed by atoms with van der Waals surface area (Å²) in [5.41, 5.74) is 2.55. The summed E-state index contributed by atoms with van der Waals surface area (Å²) >= 11 is 0. The highest BCUT2D eigenvalue weighted by Crippen LogP contribution is 2.24. The number of rotatable bonds is 5. The molecule has 2 aromatic rings. The molecule has 0 spiro atoms. The fourth-order valence-corrected chi connectivity index (χ4v) is 2.06. The summed E-state index contributed by atoms with van der Waals surface area (Å²) in [6.07, 6.45) is 1.38. The van der Waals surface area contributed by atoms with Gasteiger partial charge < -0.3 is 15.2 Å². The molecule has 0 saturated heterocycles.